The van der Waals surface area contributed by atoms with E-state index in [1.54, 1.807) is 45.2 Å². The number of benzene rings is 1. The maximum atomic E-state index is 12.1. The molecule has 5 heteroatoms. The molecule has 1 aromatic heterocycles. The predicted octanol–water partition coefficient (Wildman–Crippen LogP) is 2.74. The van der Waals surface area contributed by atoms with E-state index in [1.165, 1.54) is 0 Å². The molecule has 2 aromatic rings. The normalized spacial score (nSPS) is 10.3. The van der Waals surface area contributed by atoms with E-state index < -0.39 is 0 Å². The van der Waals surface area contributed by atoms with Crippen molar-refractivity contribution in [3.05, 3.63) is 41.3 Å². The number of hydrogen-bond donors (Lipinski definition) is 2. The van der Waals surface area contributed by atoms with E-state index in [0.717, 1.165) is 0 Å². The smallest absolute Gasteiger partial charge is 0.259 e. The number of hydrogen-bond acceptors (Lipinski definition) is 4. The molecule has 0 bridgehead atoms. The van der Waals surface area contributed by atoms with Crippen LogP contribution in [0.4, 0.5) is 11.4 Å². The summed E-state index contributed by atoms with van der Waals surface area (Å²) >= 11 is 0. The summed E-state index contributed by atoms with van der Waals surface area (Å²) in [5.74, 6) is 1.68. The number of nitrogens with one attached hydrogen (secondary N) is 1. The number of carbonyl (C=O) groups is 1. The van der Waals surface area contributed by atoms with Gasteiger partial charge in [-0.1, -0.05) is 0 Å². The lowest BCUT2D eigenvalue weighted by atomic mass is 10.2. The summed E-state index contributed by atoms with van der Waals surface area (Å²) in [6, 6.07) is 6.79. The van der Waals surface area contributed by atoms with E-state index in [9.17, 15) is 4.79 Å². The van der Waals surface area contributed by atoms with Gasteiger partial charge in [-0.05, 0) is 32.0 Å². The van der Waals surface area contributed by atoms with Crippen molar-refractivity contribution in [2.75, 3.05) is 18.2 Å². The van der Waals surface area contributed by atoms with Gasteiger partial charge in [-0.15, -0.1) is 0 Å². The maximum Gasteiger partial charge on any atom is 0.259 e. The molecule has 0 aliphatic carbocycles. The highest BCUT2D eigenvalue weighted by Gasteiger charge is 2.14. The summed E-state index contributed by atoms with van der Waals surface area (Å²) in [6.07, 6.45) is 0. The van der Waals surface area contributed by atoms with Gasteiger partial charge in [0.2, 0.25) is 0 Å². The van der Waals surface area contributed by atoms with Crippen LogP contribution in [0.2, 0.25) is 0 Å². The standard InChI is InChI=1S/C14H16N2O3/c1-8-6-11(9(2)19-8)14(17)16-13-5-4-10(18-3)7-12(13)15/h4-7H,15H2,1-3H3,(H,16,17). The van der Waals surface area contributed by atoms with Crippen LogP contribution in [0.1, 0.15) is 21.9 Å². The van der Waals surface area contributed by atoms with Crippen molar-refractivity contribution < 1.29 is 13.9 Å². The molecule has 0 aliphatic heterocycles. The van der Waals surface area contributed by atoms with Crippen molar-refractivity contribution in [2.45, 2.75) is 13.8 Å². The summed E-state index contributed by atoms with van der Waals surface area (Å²) in [5, 5.41) is 2.75. The first-order chi connectivity index (χ1) is 9.01. The van der Waals surface area contributed by atoms with E-state index in [2.05, 4.69) is 5.32 Å². The molecule has 0 saturated carbocycles. The molecular formula is C14H16N2O3. The number of rotatable bonds is 3. The Kier molecular flexibility index (Phi) is 3.46. The van der Waals surface area contributed by atoms with Gasteiger partial charge in [-0.2, -0.15) is 0 Å². The zero-order valence-electron chi connectivity index (χ0n) is 11.1. The number of nitrogen functional groups attached to an aromatic ring is 1. The highest BCUT2D eigenvalue weighted by molar-refractivity contribution is 6.06. The van der Waals surface area contributed by atoms with E-state index in [1.807, 2.05) is 0 Å². The van der Waals surface area contributed by atoms with Crippen LogP contribution in [0.25, 0.3) is 0 Å². The lowest BCUT2D eigenvalue weighted by Crippen LogP contribution is -2.13. The van der Waals surface area contributed by atoms with Crippen molar-refractivity contribution in [1.29, 1.82) is 0 Å². The van der Waals surface area contributed by atoms with Gasteiger partial charge in [-0.3, -0.25) is 4.79 Å². The van der Waals surface area contributed by atoms with E-state index in [0.29, 0.717) is 34.2 Å². The largest absolute Gasteiger partial charge is 0.497 e. The van der Waals surface area contributed by atoms with E-state index in [-0.39, 0.29) is 5.91 Å². The van der Waals surface area contributed by atoms with Crippen molar-refractivity contribution in [3.8, 4) is 5.75 Å². The van der Waals surface area contributed by atoms with Crippen LogP contribution in [0.3, 0.4) is 0 Å². The van der Waals surface area contributed by atoms with Crippen LogP contribution in [-0.2, 0) is 0 Å². The van der Waals surface area contributed by atoms with Crippen LogP contribution in [0, 0.1) is 13.8 Å². The monoisotopic (exact) mass is 260 g/mol. The fourth-order valence-corrected chi connectivity index (χ4v) is 1.83. The van der Waals surface area contributed by atoms with Crippen LogP contribution in [-0.4, -0.2) is 13.0 Å². The summed E-state index contributed by atoms with van der Waals surface area (Å²) < 4.78 is 10.4. The van der Waals surface area contributed by atoms with E-state index >= 15 is 0 Å². The van der Waals surface area contributed by atoms with Crippen molar-refractivity contribution in [3.63, 3.8) is 0 Å². The number of carbonyl (C=O) groups excluding carboxylic acids is 1. The fraction of sp³-hybridized carbons (Fsp3) is 0.214. The first-order valence-corrected chi connectivity index (χ1v) is 5.83. The minimum Gasteiger partial charge on any atom is -0.497 e. The second kappa shape index (κ2) is 5.06. The average molecular weight is 260 g/mol. The molecule has 3 N–H and O–H groups in total. The van der Waals surface area contributed by atoms with Gasteiger partial charge < -0.3 is 20.2 Å². The van der Waals surface area contributed by atoms with Gasteiger partial charge in [0, 0.05) is 6.07 Å². The molecule has 0 fully saturated rings. The number of amides is 1. The molecule has 0 atom stereocenters. The lowest BCUT2D eigenvalue weighted by molar-refractivity contribution is 0.102. The van der Waals surface area contributed by atoms with Gasteiger partial charge in [0.05, 0.1) is 24.0 Å². The lowest BCUT2D eigenvalue weighted by Gasteiger charge is -2.09. The first kappa shape index (κ1) is 13.0. The van der Waals surface area contributed by atoms with Gasteiger partial charge in [0.1, 0.15) is 17.3 Å². The zero-order chi connectivity index (χ0) is 14.0. The Hall–Kier alpha value is -2.43. The molecule has 2 rings (SSSR count). The Morgan fingerprint density at radius 3 is 2.58 bits per heavy atom. The number of anilines is 2. The van der Waals surface area contributed by atoms with Crippen LogP contribution < -0.4 is 15.8 Å². The topological polar surface area (TPSA) is 77.5 Å². The third-order valence-electron chi connectivity index (χ3n) is 2.79. The molecule has 100 valence electrons. The molecule has 0 saturated heterocycles. The Bertz CT molecular complexity index is 617. The summed E-state index contributed by atoms with van der Waals surface area (Å²) in [5.41, 5.74) is 7.35. The number of nitrogens with two attached hydrogens (primary N) is 1. The number of furan rings is 1. The molecule has 0 aliphatic rings. The Morgan fingerprint density at radius 1 is 1.32 bits per heavy atom. The van der Waals surface area contributed by atoms with Gasteiger partial charge in [0.15, 0.2) is 0 Å². The second-order valence-electron chi connectivity index (χ2n) is 4.23. The highest BCUT2D eigenvalue weighted by Crippen LogP contribution is 2.25. The number of methoxy groups -OCH3 is 1. The van der Waals surface area contributed by atoms with Crippen LogP contribution >= 0.6 is 0 Å². The minimum absolute atomic E-state index is 0.244. The Morgan fingerprint density at radius 2 is 2.05 bits per heavy atom. The maximum absolute atomic E-state index is 12.1. The second-order valence-corrected chi connectivity index (χ2v) is 4.23. The molecular weight excluding hydrogens is 244 g/mol. The summed E-state index contributed by atoms with van der Waals surface area (Å²) in [6.45, 7) is 3.55. The Balaban J connectivity index is 2.22. The zero-order valence-corrected chi connectivity index (χ0v) is 11.1. The molecule has 0 radical (unpaired) electrons. The summed E-state index contributed by atoms with van der Waals surface area (Å²) in [7, 11) is 1.56. The number of ether oxygens (including phenoxy) is 1. The van der Waals surface area contributed by atoms with Gasteiger partial charge in [-0.25, -0.2) is 0 Å². The van der Waals surface area contributed by atoms with Crippen molar-refractivity contribution in [2.24, 2.45) is 0 Å². The molecule has 0 spiro atoms. The molecule has 19 heavy (non-hydrogen) atoms. The SMILES string of the molecule is COc1ccc(NC(=O)c2cc(C)oc2C)c(N)c1. The third kappa shape index (κ3) is 2.70. The predicted molar refractivity (Wildman–Crippen MR) is 73.5 cm³/mol. The molecule has 1 amide bonds. The van der Waals surface area contributed by atoms with Crippen molar-refractivity contribution in [1.82, 2.24) is 0 Å². The van der Waals surface area contributed by atoms with E-state index in [4.69, 9.17) is 14.9 Å². The minimum atomic E-state index is -0.244. The van der Waals surface area contributed by atoms with Crippen molar-refractivity contribution >= 4 is 17.3 Å². The van der Waals surface area contributed by atoms with Gasteiger partial charge >= 0.3 is 0 Å². The highest BCUT2D eigenvalue weighted by atomic mass is 16.5. The third-order valence-corrected chi connectivity index (χ3v) is 2.79. The van der Waals surface area contributed by atoms with Crippen LogP contribution in [0.5, 0.6) is 5.75 Å². The quantitative estimate of drug-likeness (QED) is 0.832. The molecule has 0 unspecified atom stereocenters. The summed E-state index contributed by atoms with van der Waals surface area (Å²) in [4.78, 5) is 12.1. The molecule has 1 aromatic carbocycles. The fourth-order valence-electron chi connectivity index (χ4n) is 1.83. The van der Waals surface area contributed by atoms with Gasteiger partial charge in [0.25, 0.3) is 5.91 Å². The van der Waals surface area contributed by atoms with Crippen LogP contribution in [0.15, 0.2) is 28.7 Å². The average Bonchev–Trinajstić information content (AvgIpc) is 2.71. The first-order valence-electron chi connectivity index (χ1n) is 5.83. The molecule has 1 heterocycles. The molecule has 5 nitrogen and oxygen atoms in total. The number of aryl methyl sites for hydroxylation is 2. The Labute approximate surface area is 111 Å².